The number of aryl methyl sites for hydroxylation is 1. The van der Waals surface area contributed by atoms with Crippen LogP contribution < -0.4 is 15.7 Å². The molecule has 0 aliphatic rings. The highest BCUT2D eigenvalue weighted by Crippen LogP contribution is 2.37. The average Bonchev–Trinajstić information content (AvgIpc) is 3.43. The normalized spacial score (nSPS) is 11.8. The van der Waals surface area contributed by atoms with Crippen molar-refractivity contribution < 1.29 is 22.7 Å². The molecule has 2 heterocycles. The summed E-state index contributed by atoms with van der Waals surface area (Å²) in [4.78, 5) is 34.1. The number of fused-ring (bicyclic) bond motifs is 2. The zero-order chi connectivity index (χ0) is 25.4. The second kappa shape index (κ2) is 8.91. The van der Waals surface area contributed by atoms with Gasteiger partial charge in [0.1, 0.15) is 12.4 Å². The minimum absolute atomic E-state index is 0.0171. The topological polar surface area (TPSA) is 105 Å². The fraction of sp³-hybridized carbons (Fsp3) is 0.160. The summed E-state index contributed by atoms with van der Waals surface area (Å²) in [7, 11) is 1.61. The quantitative estimate of drug-likeness (QED) is 0.327. The number of halogens is 3. The Hall–Kier alpha value is -4.54. The zero-order valence-corrected chi connectivity index (χ0v) is 18.9. The van der Waals surface area contributed by atoms with Crippen molar-refractivity contribution in [2.75, 3.05) is 0 Å². The van der Waals surface area contributed by atoms with Crippen molar-refractivity contribution in [3.8, 4) is 5.75 Å². The van der Waals surface area contributed by atoms with Crippen LogP contribution in [0.2, 0.25) is 0 Å². The first-order valence-corrected chi connectivity index (χ1v) is 10.9. The van der Waals surface area contributed by atoms with Crippen molar-refractivity contribution >= 4 is 28.0 Å². The van der Waals surface area contributed by atoms with Crippen molar-refractivity contribution in [2.24, 2.45) is 7.05 Å². The van der Waals surface area contributed by atoms with Crippen LogP contribution in [-0.4, -0.2) is 25.4 Å². The molecular weight excluding hydrogens is 475 g/mol. The van der Waals surface area contributed by atoms with E-state index >= 15 is 0 Å². The first-order chi connectivity index (χ1) is 17.2. The van der Waals surface area contributed by atoms with Crippen LogP contribution in [0.15, 0.2) is 65.7 Å². The van der Waals surface area contributed by atoms with Gasteiger partial charge in [-0.1, -0.05) is 12.1 Å². The summed E-state index contributed by atoms with van der Waals surface area (Å²) < 4.78 is 47.7. The molecule has 5 rings (SSSR count). The van der Waals surface area contributed by atoms with Crippen LogP contribution in [0.4, 0.5) is 13.2 Å². The van der Waals surface area contributed by atoms with E-state index in [1.807, 2.05) is 0 Å². The second-order valence-corrected chi connectivity index (χ2v) is 8.27. The Morgan fingerprint density at radius 2 is 1.86 bits per heavy atom. The molecule has 3 aromatic carbocycles. The van der Waals surface area contributed by atoms with Crippen LogP contribution in [0.5, 0.6) is 5.75 Å². The van der Waals surface area contributed by atoms with Crippen molar-refractivity contribution in [1.82, 2.24) is 24.8 Å². The smallest absolute Gasteiger partial charge is 0.419 e. The third-order valence-corrected chi connectivity index (χ3v) is 5.85. The van der Waals surface area contributed by atoms with Crippen LogP contribution in [-0.2, 0) is 26.4 Å². The van der Waals surface area contributed by atoms with Crippen molar-refractivity contribution in [2.45, 2.75) is 19.3 Å². The number of aromatic nitrogens is 4. The van der Waals surface area contributed by atoms with Gasteiger partial charge in [-0.15, -0.1) is 0 Å². The summed E-state index contributed by atoms with van der Waals surface area (Å²) in [5.74, 6) is -0.765. The van der Waals surface area contributed by atoms with Gasteiger partial charge < -0.3 is 20.0 Å². The number of nitrogens with one attached hydrogen (secondary N) is 3. The lowest BCUT2D eigenvalue weighted by atomic mass is 10.1. The molecule has 0 radical (unpaired) electrons. The number of H-pyrrole nitrogens is 2. The summed E-state index contributed by atoms with van der Waals surface area (Å²) in [6.45, 7) is -0.0973. The van der Waals surface area contributed by atoms with Gasteiger partial charge in [0.25, 0.3) is 5.91 Å². The fourth-order valence-corrected chi connectivity index (χ4v) is 3.93. The number of aromatic amines is 2. The summed E-state index contributed by atoms with van der Waals surface area (Å²) in [6, 6.07) is 13.5. The average molecular weight is 495 g/mol. The first-order valence-electron chi connectivity index (χ1n) is 10.9. The molecule has 0 fully saturated rings. The standard InChI is InChI=1S/C25H20F3N5O3/c1-33-21-7-4-16(10-20(21)32-24(33)35)23(34)29-11-14-2-5-17(25(26,27)28)22(9-14)36-12-15-3-6-18-19(8-15)31-13-30-18/h2-10,13H,11-12H2,1H3,(H,29,34)(H,30,31)(H,32,35). The number of nitrogens with zero attached hydrogens (tertiary/aromatic N) is 2. The molecule has 0 atom stereocenters. The minimum Gasteiger partial charge on any atom is -0.488 e. The van der Waals surface area contributed by atoms with Gasteiger partial charge in [0.2, 0.25) is 0 Å². The lowest BCUT2D eigenvalue weighted by Gasteiger charge is -2.16. The molecule has 5 aromatic rings. The fourth-order valence-electron chi connectivity index (χ4n) is 3.93. The van der Waals surface area contributed by atoms with Gasteiger partial charge in [-0.3, -0.25) is 9.36 Å². The predicted molar refractivity (Wildman–Crippen MR) is 127 cm³/mol. The zero-order valence-electron chi connectivity index (χ0n) is 18.9. The van der Waals surface area contributed by atoms with Gasteiger partial charge in [-0.25, -0.2) is 9.78 Å². The molecule has 8 nitrogen and oxygen atoms in total. The molecule has 3 N–H and O–H groups in total. The molecule has 184 valence electrons. The lowest BCUT2D eigenvalue weighted by molar-refractivity contribution is -0.139. The third kappa shape index (κ3) is 4.54. The van der Waals surface area contributed by atoms with Gasteiger partial charge in [0, 0.05) is 19.2 Å². The Morgan fingerprint density at radius 3 is 2.67 bits per heavy atom. The minimum atomic E-state index is -4.60. The molecule has 0 aliphatic carbocycles. The molecule has 11 heteroatoms. The van der Waals surface area contributed by atoms with E-state index in [4.69, 9.17) is 4.74 Å². The van der Waals surface area contributed by atoms with E-state index in [9.17, 15) is 22.8 Å². The molecule has 0 aliphatic heterocycles. The summed E-state index contributed by atoms with van der Waals surface area (Å²) >= 11 is 0. The second-order valence-electron chi connectivity index (χ2n) is 8.27. The number of rotatable bonds is 6. The molecule has 2 aromatic heterocycles. The lowest BCUT2D eigenvalue weighted by Crippen LogP contribution is -2.23. The number of imidazole rings is 2. The Labute approximate surface area is 201 Å². The van der Waals surface area contributed by atoms with Gasteiger partial charge in [0.15, 0.2) is 0 Å². The first kappa shape index (κ1) is 23.2. The molecule has 0 bridgehead atoms. The maximum absolute atomic E-state index is 13.6. The number of benzene rings is 3. The molecule has 0 unspecified atom stereocenters. The third-order valence-electron chi connectivity index (χ3n) is 5.85. The van der Waals surface area contributed by atoms with Gasteiger partial charge >= 0.3 is 11.9 Å². The molecule has 36 heavy (non-hydrogen) atoms. The van der Waals surface area contributed by atoms with Crippen LogP contribution in [0.1, 0.15) is 27.0 Å². The van der Waals surface area contributed by atoms with Gasteiger partial charge in [0.05, 0.1) is 34.0 Å². The van der Waals surface area contributed by atoms with E-state index in [0.717, 1.165) is 17.1 Å². The molecule has 0 saturated carbocycles. The molecule has 1 amide bonds. The highest BCUT2D eigenvalue weighted by molar-refractivity contribution is 5.97. The predicted octanol–water partition coefficient (Wildman–Crippen LogP) is 4.27. The Bertz CT molecular complexity index is 1650. The number of amides is 1. The Balaban J connectivity index is 1.32. The SMILES string of the molecule is Cn1c(=O)[nH]c2cc(C(=O)NCc3ccc(C(F)(F)F)c(OCc4ccc5nc[nH]c5c4)c3)ccc21. The Kier molecular flexibility index (Phi) is 5.75. The number of alkyl halides is 3. The van der Waals surface area contributed by atoms with Crippen molar-refractivity contribution in [3.05, 3.63) is 93.7 Å². The van der Waals surface area contributed by atoms with Gasteiger partial charge in [-0.2, -0.15) is 13.2 Å². The maximum Gasteiger partial charge on any atom is 0.419 e. The monoisotopic (exact) mass is 495 g/mol. The summed E-state index contributed by atoms with van der Waals surface area (Å²) in [6.07, 6.45) is -3.07. The molecule has 0 spiro atoms. The molecular formula is C25H20F3N5O3. The van der Waals surface area contributed by atoms with Gasteiger partial charge in [-0.05, 0) is 53.6 Å². The van der Waals surface area contributed by atoms with Crippen LogP contribution in [0, 0.1) is 0 Å². The van der Waals surface area contributed by atoms with E-state index < -0.39 is 17.6 Å². The maximum atomic E-state index is 13.6. The number of hydrogen-bond acceptors (Lipinski definition) is 4. The highest BCUT2D eigenvalue weighted by atomic mass is 19.4. The number of carbonyl (C=O) groups is 1. The highest BCUT2D eigenvalue weighted by Gasteiger charge is 2.34. The van der Waals surface area contributed by atoms with E-state index in [1.54, 1.807) is 43.4 Å². The van der Waals surface area contributed by atoms with Crippen molar-refractivity contribution in [3.63, 3.8) is 0 Å². The van der Waals surface area contributed by atoms with Crippen LogP contribution in [0.25, 0.3) is 22.1 Å². The largest absolute Gasteiger partial charge is 0.488 e. The Morgan fingerprint density at radius 1 is 1.06 bits per heavy atom. The number of hydrogen-bond donors (Lipinski definition) is 3. The van der Waals surface area contributed by atoms with Crippen LogP contribution in [0.3, 0.4) is 0 Å². The van der Waals surface area contributed by atoms with E-state index in [0.29, 0.717) is 27.7 Å². The summed E-state index contributed by atoms with van der Waals surface area (Å²) in [5, 5.41) is 2.69. The summed E-state index contributed by atoms with van der Waals surface area (Å²) in [5.41, 5.74) is 2.86. The van der Waals surface area contributed by atoms with E-state index in [1.165, 1.54) is 23.0 Å². The molecule has 0 saturated heterocycles. The van der Waals surface area contributed by atoms with E-state index in [-0.39, 0.29) is 24.6 Å². The van der Waals surface area contributed by atoms with Crippen molar-refractivity contribution in [1.29, 1.82) is 0 Å². The van der Waals surface area contributed by atoms with E-state index in [2.05, 4.69) is 20.3 Å². The number of ether oxygens (including phenoxy) is 1. The van der Waals surface area contributed by atoms with Crippen LogP contribution >= 0.6 is 0 Å². The number of carbonyl (C=O) groups excluding carboxylic acids is 1.